The number of hydrogen-bond acceptors (Lipinski definition) is 3. The molecule has 0 aliphatic carbocycles. The minimum atomic E-state index is 0.146. The summed E-state index contributed by atoms with van der Waals surface area (Å²) in [7, 11) is 2.08. The van der Waals surface area contributed by atoms with Crippen LogP contribution in [0.3, 0.4) is 0 Å². The molecule has 0 spiro atoms. The number of rotatable bonds is 5. The molecule has 1 aliphatic rings. The number of aromatic amines is 1. The van der Waals surface area contributed by atoms with Gasteiger partial charge in [0.1, 0.15) is 6.10 Å². The number of nitrogens with zero attached hydrogens (tertiary/aromatic N) is 2. The van der Waals surface area contributed by atoms with Crippen molar-refractivity contribution in [2.75, 3.05) is 13.2 Å². The average molecular weight is 274 g/mol. The lowest BCUT2D eigenvalue weighted by Gasteiger charge is -2.31. The average Bonchev–Trinajstić information content (AvgIpc) is 3.12. The summed E-state index contributed by atoms with van der Waals surface area (Å²) in [6.45, 7) is 2.71. The molecule has 2 aromatic heterocycles. The van der Waals surface area contributed by atoms with Crippen LogP contribution in [0.1, 0.15) is 30.3 Å². The van der Waals surface area contributed by atoms with E-state index in [1.807, 2.05) is 6.07 Å². The zero-order valence-corrected chi connectivity index (χ0v) is 11.9. The third-order valence-corrected chi connectivity index (χ3v) is 4.04. The van der Waals surface area contributed by atoms with E-state index in [-0.39, 0.29) is 6.10 Å². The maximum atomic E-state index is 5.93. The van der Waals surface area contributed by atoms with Gasteiger partial charge < -0.3 is 14.6 Å². The van der Waals surface area contributed by atoms with Gasteiger partial charge in [-0.2, -0.15) is 5.10 Å². The Kier molecular flexibility index (Phi) is 4.18. The second-order valence-corrected chi connectivity index (χ2v) is 5.45. The molecule has 0 unspecified atom stereocenters. The lowest BCUT2D eigenvalue weighted by Crippen LogP contribution is -2.32. The first-order valence-corrected chi connectivity index (χ1v) is 7.26. The SMILES string of the molecule is Cn1cccc1CNC[C@@H]1CCCO[C@H]1c1ccn[nH]1. The molecule has 2 N–H and O–H groups in total. The molecule has 0 aromatic carbocycles. The minimum absolute atomic E-state index is 0.146. The van der Waals surface area contributed by atoms with Crippen LogP contribution in [0.15, 0.2) is 30.6 Å². The summed E-state index contributed by atoms with van der Waals surface area (Å²) in [5, 5.41) is 10.6. The van der Waals surface area contributed by atoms with E-state index in [9.17, 15) is 0 Å². The highest BCUT2D eigenvalue weighted by atomic mass is 16.5. The van der Waals surface area contributed by atoms with Gasteiger partial charge in [0.05, 0.1) is 5.69 Å². The van der Waals surface area contributed by atoms with Gasteiger partial charge in [0, 0.05) is 50.7 Å². The molecule has 0 radical (unpaired) electrons. The largest absolute Gasteiger partial charge is 0.372 e. The lowest BCUT2D eigenvalue weighted by molar-refractivity contribution is -0.0303. The fraction of sp³-hybridized carbons (Fsp3) is 0.533. The Morgan fingerprint density at radius 1 is 1.50 bits per heavy atom. The number of aromatic nitrogens is 3. The fourth-order valence-corrected chi connectivity index (χ4v) is 2.89. The molecule has 1 saturated heterocycles. The van der Waals surface area contributed by atoms with Crippen LogP contribution in [0.4, 0.5) is 0 Å². The maximum Gasteiger partial charge on any atom is 0.103 e. The highest BCUT2D eigenvalue weighted by Gasteiger charge is 2.28. The van der Waals surface area contributed by atoms with E-state index in [0.29, 0.717) is 5.92 Å². The topological polar surface area (TPSA) is 54.9 Å². The van der Waals surface area contributed by atoms with Crippen LogP contribution in [0.25, 0.3) is 0 Å². The highest BCUT2D eigenvalue weighted by molar-refractivity contribution is 5.07. The van der Waals surface area contributed by atoms with Gasteiger partial charge in [0.25, 0.3) is 0 Å². The summed E-state index contributed by atoms with van der Waals surface area (Å²) in [6, 6.07) is 6.24. The Morgan fingerprint density at radius 3 is 3.20 bits per heavy atom. The Balaban J connectivity index is 1.56. The van der Waals surface area contributed by atoms with Crippen molar-refractivity contribution in [2.24, 2.45) is 13.0 Å². The normalized spacial score (nSPS) is 23.1. The van der Waals surface area contributed by atoms with E-state index >= 15 is 0 Å². The standard InChI is InChI=1S/C15H22N4O/c1-19-8-2-5-13(19)11-16-10-12-4-3-9-20-15(12)14-6-7-17-18-14/h2,5-8,12,15-16H,3-4,9-11H2,1H3,(H,17,18)/t12-,15+/m0/s1. The first-order chi connectivity index (χ1) is 9.84. The molecule has 0 bridgehead atoms. The second kappa shape index (κ2) is 6.24. The predicted molar refractivity (Wildman–Crippen MR) is 77.1 cm³/mol. The molecule has 0 amide bonds. The van der Waals surface area contributed by atoms with Crippen molar-refractivity contribution in [3.63, 3.8) is 0 Å². The quantitative estimate of drug-likeness (QED) is 0.877. The maximum absolute atomic E-state index is 5.93. The number of H-pyrrole nitrogens is 1. The molecule has 108 valence electrons. The summed E-state index contributed by atoms with van der Waals surface area (Å²) in [5.74, 6) is 0.504. The molecule has 0 saturated carbocycles. The van der Waals surface area contributed by atoms with Gasteiger partial charge in [0.2, 0.25) is 0 Å². The smallest absolute Gasteiger partial charge is 0.103 e. The van der Waals surface area contributed by atoms with Crippen LogP contribution in [0.2, 0.25) is 0 Å². The Hall–Kier alpha value is -1.59. The molecule has 2 aromatic rings. The monoisotopic (exact) mass is 274 g/mol. The number of aryl methyl sites for hydroxylation is 1. The summed E-state index contributed by atoms with van der Waals surface area (Å²) < 4.78 is 8.08. The van der Waals surface area contributed by atoms with Gasteiger partial charge in [-0.15, -0.1) is 0 Å². The molecule has 3 heterocycles. The highest BCUT2D eigenvalue weighted by Crippen LogP contribution is 2.31. The van der Waals surface area contributed by atoms with E-state index in [0.717, 1.165) is 31.8 Å². The zero-order chi connectivity index (χ0) is 13.8. The van der Waals surface area contributed by atoms with Crippen LogP contribution < -0.4 is 5.32 Å². The molecular formula is C15H22N4O. The number of ether oxygens (including phenoxy) is 1. The van der Waals surface area contributed by atoms with E-state index in [1.54, 1.807) is 6.20 Å². The van der Waals surface area contributed by atoms with Gasteiger partial charge in [-0.25, -0.2) is 0 Å². The van der Waals surface area contributed by atoms with Crippen molar-refractivity contribution in [2.45, 2.75) is 25.5 Å². The van der Waals surface area contributed by atoms with Crippen molar-refractivity contribution in [3.8, 4) is 0 Å². The van der Waals surface area contributed by atoms with Crippen molar-refractivity contribution in [1.29, 1.82) is 0 Å². The molecule has 3 rings (SSSR count). The zero-order valence-electron chi connectivity index (χ0n) is 11.9. The van der Waals surface area contributed by atoms with E-state index in [2.05, 4.69) is 45.5 Å². The molecule has 2 atom stereocenters. The van der Waals surface area contributed by atoms with E-state index in [1.165, 1.54) is 12.1 Å². The lowest BCUT2D eigenvalue weighted by atomic mass is 9.92. The van der Waals surface area contributed by atoms with Gasteiger partial charge in [-0.1, -0.05) is 0 Å². The van der Waals surface area contributed by atoms with Gasteiger partial charge >= 0.3 is 0 Å². The minimum Gasteiger partial charge on any atom is -0.372 e. The van der Waals surface area contributed by atoms with Gasteiger partial charge in [-0.05, 0) is 31.0 Å². The second-order valence-electron chi connectivity index (χ2n) is 5.45. The van der Waals surface area contributed by atoms with E-state index < -0.39 is 0 Å². The van der Waals surface area contributed by atoms with Crippen molar-refractivity contribution in [1.82, 2.24) is 20.1 Å². The molecule has 5 nitrogen and oxygen atoms in total. The molecule has 1 aliphatic heterocycles. The third-order valence-electron chi connectivity index (χ3n) is 4.04. The molecule has 1 fully saturated rings. The van der Waals surface area contributed by atoms with Crippen LogP contribution in [-0.4, -0.2) is 27.9 Å². The fourth-order valence-electron chi connectivity index (χ4n) is 2.89. The van der Waals surface area contributed by atoms with Crippen molar-refractivity contribution in [3.05, 3.63) is 42.0 Å². The number of hydrogen-bond donors (Lipinski definition) is 2. The van der Waals surface area contributed by atoms with E-state index in [4.69, 9.17) is 4.74 Å². The third kappa shape index (κ3) is 2.94. The van der Waals surface area contributed by atoms with Crippen molar-refractivity contribution >= 4 is 0 Å². The predicted octanol–water partition coefficient (Wildman–Crippen LogP) is 2.01. The Morgan fingerprint density at radius 2 is 2.45 bits per heavy atom. The summed E-state index contributed by atoms with van der Waals surface area (Å²) in [5.41, 5.74) is 2.40. The van der Waals surface area contributed by atoms with Crippen LogP contribution in [-0.2, 0) is 18.3 Å². The van der Waals surface area contributed by atoms with Gasteiger partial charge in [0.15, 0.2) is 0 Å². The molecule has 20 heavy (non-hydrogen) atoms. The summed E-state index contributed by atoms with van der Waals surface area (Å²) in [4.78, 5) is 0. The number of nitrogens with one attached hydrogen (secondary N) is 2. The first-order valence-electron chi connectivity index (χ1n) is 7.26. The first kappa shape index (κ1) is 13.4. The van der Waals surface area contributed by atoms with Crippen LogP contribution in [0, 0.1) is 5.92 Å². The van der Waals surface area contributed by atoms with Gasteiger partial charge in [-0.3, -0.25) is 5.10 Å². The summed E-state index contributed by atoms with van der Waals surface area (Å²) in [6.07, 6.45) is 6.35. The Labute approximate surface area is 119 Å². The molecular weight excluding hydrogens is 252 g/mol. The Bertz CT molecular complexity index is 520. The molecule has 5 heteroatoms. The van der Waals surface area contributed by atoms with Crippen LogP contribution in [0.5, 0.6) is 0 Å². The van der Waals surface area contributed by atoms with Crippen LogP contribution >= 0.6 is 0 Å². The van der Waals surface area contributed by atoms with Crippen molar-refractivity contribution < 1.29 is 4.74 Å². The summed E-state index contributed by atoms with van der Waals surface area (Å²) >= 11 is 0.